The number of hydrogen-bond acceptors (Lipinski definition) is 4. The van der Waals surface area contributed by atoms with Crippen molar-refractivity contribution in [3.63, 3.8) is 0 Å². The first kappa shape index (κ1) is 39.3. The Balaban J connectivity index is 0.896. The molecule has 5 heteroatoms. The van der Waals surface area contributed by atoms with Gasteiger partial charge in [-0.25, -0.2) is 0 Å². The van der Waals surface area contributed by atoms with E-state index in [1.807, 2.05) is 17.4 Å². The third-order valence-electron chi connectivity index (χ3n) is 13.7. The van der Waals surface area contributed by atoms with Crippen molar-refractivity contribution in [3.05, 3.63) is 249 Å². The van der Waals surface area contributed by atoms with Crippen molar-refractivity contribution in [2.75, 3.05) is 9.80 Å². The van der Waals surface area contributed by atoms with Gasteiger partial charge in [-0.2, -0.15) is 0 Å². The van der Waals surface area contributed by atoms with Gasteiger partial charge in [0.15, 0.2) is 17.3 Å². The van der Waals surface area contributed by atoms with Crippen molar-refractivity contribution >= 4 is 98.2 Å². The molecule has 0 bridgehead atoms. The Hall–Kier alpha value is -8.90. The molecule has 324 valence electrons. The smallest absolute Gasteiger partial charge is 0.179 e. The number of fused-ring (bicyclic) bond motifs is 10. The van der Waals surface area contributed by atoms with Crippen LogP contribution >= 0.6 is 11.3 Å². The molecular weight excluding hydrogens is 859 g/mol. The van der Waals surface area contributed by atoms with Crippen LogP contribution in [0.4, 0.5) is 34.3 Å². The predicted octanol–water partition coefficient (Wildman–Crippen LogP) is 18.7. The molecular formula is C64H41N3OS. The molecule has 11 aromatic carbocycles. The number of nitrogens with zero attached hydrogens (tertiary/aromatic N) is 3. The molecule has 0 N–H and O–H groups in total. The average molecular weight is 900 g/mol. The van der Waals surface area contributed by atoms with Crippen molar-refractivity contribution in [2.45, 2.75) is 0 Å². The van der Waals surface area contributed by atoms with E-state index in [0.29, 0.717) is 0 Å². The first-order valence-electron chi connectivity index (χ1n) is 23.4. The second-order valence-electron chi connectivity index (χ2n) is 17.7. The average Bonchev–Trinajstić information content (AvgIpc) is 3.96. The summed E-state index contributed by atoms with van der Waals surface area (Å²) in [4.78, 5) is 4.74. The standard InChI is InChI=1S/C64H41N3OS/c1-3-18-47(19-4-1)66-57-25-10-11-27-59(57)68-63-62-54(24-14-26-58(62)67(64(63)66)48-20-5-2-6-21-48)45-17-13-16-44(39-45)42-31-33-49(34-32-42)65(51-36-38-61-56(41-51)55-23-9-12-28-60(55)69-61)50-35-37-53-46(40-50)30-29-43-15-7-8-22-52(43)53/h1-41H. The lowest BCUT2D eigenvalue weighted by Crippen LogP contribution is -2.18. The van der Waals surface area contributed by atoms with Crippen LogP contribution in [0, 0.1) is 0 Å². The van der Waals surface area contributed by atoms with E-state index in [1.165, 1.54) is 41.7 Å². The van der Waals surface area contributed by atoms with E-state index in [9.17, 15) is 0 Å². The van der Waals surface area contributed by atoms with Crippen molar-refractivity contribution in [2.24, 2.45) is 0 Å². The van der Waals surface area contributed by atoms with Crippen LogP contribution < -0.4 is 14.5 Å². The van der Waals surface area contributed by atoms with Crippen LogP contribution in [0.1, 0.15) is 0 Å². The molecule has 1 aliphatic heterocycles. The van der Waals surface area contributed by atoms with Gasteiger partial charge >= 0.3 is 0 Å². The highest BCUT2D eigenvalue weighted by Gasteiger charge is 2.34. The maximum absolute atomic E-state index is 7.05. The second kappa shape index (κ2) is 15.9. The Kier molecular flexibility index (Phi) is 9.04. The van der Waals surface area contributed by atoms with Crippen LogP contribution in [-0.2, 0) is 0 Å². The molecule has 14 rings (SSSR count). The van der Waals surface area contributed by atoms with E-state index >= 15 is 0 Å². The zero-order valence-corrected chi connectivity index (χ0v) is 38.1. The largest absolute Gasteiger partial charge is 0.451 e. The fourth-order valence-corrected chi connectivity index (χ4v) is 11.7. The van der Waals surface area contributed by atoms with Crippen LogP contribution in [0.5, 0.6) is 11.5 Å². The van der Waals surface area contributed by atoms with Crippen LogP contribution in [-0.4, -0.2) is 4.57 Å². The van der Waals surface area contributed by atoms with Crippen molar-refractivity contribution < 1.29 is 4.74 Å². The topological polar surface area (TPSA) is 20.6 Å². The summed E-state index contributed by atoms with van der Waals surface area (Å²) in [7, 11) is 0. The number of aromatic nitrogens is 1. The second-order valence-corrected chi connectivity index (χ2v) is 18.8. The van der Waals surface area contributed by atoms with Gasteiger partial charge in [0.2, 0.25) is 0 Å². The molecule has 0 saturated carbocycles. The normalized spacial score (nSPS) is 12.1. The third-order valence-corrected chi connectivity index (χ3v) is 14.9. The summed E-state index contributed by atoms with van der Waals surface area (Å²) in [5.74, 6) is 2.62. The molecule has 4 nitrogen and oxygen atoms in total. The fourth-order valence-electron chi connectivity index (χ4n) is 10.6. The van der Waals surface area contributed by atoms with Gasteiger partial charge in [0.1, 0.15) is 0 Å². The molecule has 0 radical (unpaired) electrons. The van der Waals surface area contributed by atoms with Gasteiger partial charge in [-0.1, -0.05) is 152 Å². The van der Waals surface area contributed by atoms with Gasteiger partial charge in [-0.3, -0.25) is 9.47 Å². The summed E-state index contributed by atoms with van der Waals surface area (Å²) < 4.78 is 12.0. The Morgan fingerprint density at radius 1 is 0.391 bits per heavy atom. The fraction of sp³-hybridized carbons (Fsp3) is 0. The van der Waals surface area contributed by atoms with Crippen LogP contribution in [0.25, 0.3) is 80.6 Å². The Bertz CT molecular complexity index is 4120. The Morgan fingerprint density at radius 3 is 1.91 bits per heavy atom. The molecule has 0 unspecified atom stereocenters. The van der Waals surface area contributed by atoms with Gasteiger partial charge in [-0.15, -0.1) is 11.3 Å². The maximum Gasteiger partial charge on any atom is 0.179 e. The SMILES string of the molecule is c1ccc(N2c3ccccc3Oc3c2n(-c2ccccc2)c2cccc(-c4cccc(-c5ccc(N(c6ccc7c(ccc8ccccc87)c6)c6ccc7sc8ccccc8c7c6)cc5)c4)c32)cc1. The van der Waals surface area contributed by atoms with E-state index in [-0.39, 0.29) is 0 Å². The molecule has 3 heterocycles. The minimum atomic E-state index is 0.819. The molecule has 2 aromatic heterocycles. The highest BCUT2D eigenvalue weighted by Crippen LogP contribution is 2.57. The van der Waals surface area contributed by atoms with Crippen molar-refractivity contribution in [1.29, 1.82) is 0 Å². The number of benzene rings is 11. The van der Waals surface area contributed by atoms with E-state index in [4.69, 9.17) is 4.74 Å². The molecule has 0 amide bonds. The molecule has 0 fully saturated rings. The zero-order chi connectivity index (χ0) is 45.4. The molecule has 0 saturated heterocycles. The van der Waals surface area contributed by atoms with Gasteiger partial charge in [0.05, 0.1) is 16.6 Å². The number of para-hydroxylation sites is 4. The first-order valence-corrected chi connectivity index (χ1v) is 24.2. The molecule has 0 atom stereocenters. The van der Waals surface area contributed by atoms with Crippen LogP contribution in [0.3, 0.4) is 0 Å². The molecule has 13 aromatic rings. The highest BCUT2D eigenvalue weighted by atomic mass is 32.1. The summed E-state index contributed by atoms with van der Waals surface area (Å²) in [6.07, 6.45) is 0. The van der Waals surface area contributed by atoms with E-state index in [1.54, 1.807) is 0 Å². The lowest BCUT2D eigenvalue weighted by Gasteiger charge is -2.32. The number of ether oxygens (including phenoxy) is 1. The molecule has 0 spiro atoms. The Morgan fingerprint density at radius 2 is 1.04 bits per heavy atom. The highest BCUT2D eigenvalue weighted by molar-refractivity contribution is 7.25. The van der Waals surface area contributed by atoms with Crippen molar-refractivity contribution in [3.8, 4) is 39.4 Å². The lowest BCUT2D eigenvalue weighted by atomic mass is 9.96. The summed E-state index contributed by atoms with van der Waals surface area (Å²) in [6, 6.07) is 89.8. The van der Waals surface area contributed by atoms with E-state index in [2.05, 4.69) is 257 Å². The number of thiophene rings is 1. The third kappa shape index (κ3) is 6.43. The number of anilines is 6. The van der Waals surface area contributed by atoms with Gasteiger partial charge in [-0.05, 0) is 141 Å². The molecule has 1 aliphatic rings. The van der Waals surface area contributed by atoms with Gasteiger partial charge in [0, 0.05) is 48.6 Å². The minimum Gasteiger partial charge on any atom is -0.451 e. The summed E-state index contributed by atoms with van der Waals surface area (Å²) in [5.41, 5.74) is 12.0. The number of rotatable bonds is 7. The van der Waals surface area contributed by atoms with E-state index < -0.39 is 0 Å². The Labute approximate surface area is 403 Å². The summed E-state index contributed by atoms with van der Waals surface area (Å²) >= 11 is 1.85. The monoisotopic (exact) mass is 899 g/mol. The van der Waals surface area contributed by atoms with Gasteiger partial charge < -0.3 is 9.64 Å². The van der Waals surface area contributed by atoms with Crippen molar-refractivity contribution in [1.82, 2.24) is 4.57 Å². The number of hydrogen-bond donors (Lipinski definition) is 0. The molecule has 69 heavy (non-hydrogen) atoms. The zero-order valence-electron chi connectivity index (χ0n) is 37.3. The molecule has 0 aliphatic carbocycles. The maximum atomic E-state index is 7.05. The minimum absolute atomic E-state index is 0.819. The van der Waals surface area contributed by atoms with Crippen LogP contribution in [0.15, 0.2) is 249 Å². The van der Waals surface area contributed by atoms with Crippen LogP contribution in [0.2, 0.25) is 0 Å². The quantitative estimate of drug-likeness (QED) is 0.149. The summed E-state index contributed by atoms with van der Waals surface area (Å²) in [6.45, 7) is 0. The predicted molar refractivity (Wildman–Crippen MR) is 291 cm³/mol. The lowest BCUT2D eigenvalue weighted by molar-refractivity contribution is 0.481. The van der Waals surface area contributed by atoms with E-state index in [0.717, 1.165) is 84.6 Å². The van der Waals surface area contributed by atoms with Gasteiger partial charge in [0.25, 0.3) is 0 Å². The first-order chi connectivity index (χ1) is 34.2. The summed E-state index contributed by atoms with van der Waals surface area (Å²) in [5, 5.41) is 8.61.